The van der Waals surface area contributed by atoms with E-state index < -0.39 is 0 Å². The molecule has 0 aliphatic carbocycles. The Labute approximate surface area is 96.1 Å². The second kappa shape index (κ2) is 4.11. The predicted octanol–water partition coefficient (Wildman–Crippen LogP) is 3.39. The fourth-order valence-corrected chi connectivity index (χ4v) is 2.11. The van der Waals surface area contributed by atoms with E-state index in [0.29, 0.717) is 6.04 Å². The van der Waals surface area contributed by atoms with Crippen LogP contribution in [0.2, 0.25) is 0 Å². The van der Waals surface area contributed by atoms with Crippen molar-refractivity contribution in [3.05, 3.63) is 60.2 Å². The second-order valence-corrected chi connectivity index (χ2v) is 4.28. The van der Waals surface area contributed by atoms with Crippen molar-refractivity contribution in [2.45, 2.75) is 12.5 Å². The van der Waals surface area contributed by atoms with E-state index in [-0.39, 0.29) is 0 Å². The first kappa shape index (κ1) is 9.61. The van der Waals surface area contributed by atoms with E-state index in [1.54, 1.807) is 0 Å². The highest BCUT2D eigenvalue weighted by Gasteiger charge is 2.17. The third-order valence-corrected chi connectivity index (χ3v) is 3.24. The first-order chi connectivity index (χ1) is 7.93. The third kappa shape index (κ3) is 1.74. The first-order valence-corrected chi connectivity index (χ1v) is 5.82. The van der Waals surface area contributed by atoms with Crippen LogP contribution in [-0.2, 0) is 0 Å². The Balaban J connectivity index is 1.87. The molecule has 1 aliphatic rings. The molecule has 1 heteroatoms. The molecule has 1 aliphatic heterocycles. The third-order valence-electron chi connectivity index (χ3n) is 3.24. The van der Waals surface area contributed by atoms with E-state index in [1.165, 1.54) is 23.1 Å². The van der Waals surface area contributed by atoms with Crippen LogP contribution in [0.1, 0.15) is 18.0 Å². The van der Waals surface area contributed by atoms with Crippen LogP contribution in [0.5, 0.6) is 0 Å². The van der Waals surface area contributed by atoms with Crippen molar-refractivity contribution in [2.75, 3.05) is 6.54 Å². The lowest BCUT2D eigenvalue weighted by Crippen LogP contribution is -2.34. The lowest BCUT2D eigenvalue weighted by Gasteiger charge is -2.28. The highest BCUT2D eigenvalue weighted by Crippen LogP contribution is 2.25. The topological polar surface area (TPSA) is 12.0 Å². The van der Waals surface area contributed by atoms with E-state index >= 15 is 0 Å². The monoisotopic (exact) mass is 209 g/mol. The number of benzene rings is 2. The van der Waals surface area contributed by atoms with Crippen molar-refractivity contribution in [1.82, 2.24) is 5.32 Å². The van der Waals surface area contributed by atoms with Crippen LogP contribution in [0.3, 0.4) is 0 Å². The fourth-order valence-electron chi connectivity index (χ4n) is 2.11. The Morgan fingerprint density at radius 3 is 2.00 bits per heavy atom. The van der Waals surface area contributed by atoms with Crippen molar-refractivity contribution in [3.8, 4) is 11.1 Å². The van der Waals surface area contributed by atoms with Gasteiger partial charge in [0.15, 0.2) is 0 Å². The summed E-state index contributed by atoms with van der Waals surface area (Å²) in [6, 6.07) is 20.0. The maximum atomic E-state index is 3.42. The van der Waals surface area contributed by atoms with Crippen LogP contribution in [-0.4, -0.2) is 6.54 Å². The number of rotatable bonds is 2. The van der Waals surface area contributed by atoms with Crippen molar-refractivity contribution in [1.29, 1.82) is 0 Å². The molecule has 0 bridgehead atoms. The molecule has 0 aromatic heterocycles. The van der Waals surface area contributed by atoms with Crippen LogP contribution < -0.4 is 5.32 Å². The molecule has 1 nitrogen and oxygen atoms in total. The first-order valence-electron chi connectivity index (χ1n) is 5.82. The molecule has 0 radical (unpaired) electrons. The summed E-state index contributed by atoms with van der Waals surface area (Å²) >= 11 is 0. The Morgan fingerprint density at radius 1 is 0.812 bits per heavy atom. The summed E-state index contributed by atoms with van der Waals surface area (Å²) in [7, 11) is 0. The van der Waals surface area contributed by atoms with Crippen LogP contribution in [0.15, 0.2) is 54.6 Å². The van der Waals surface area contributed by atoms with Gasteiger partial charge in [0, 0.05) is 6.04 Å². The molecule has 3 rings (SSSR count). The molecule has 16 heavy (non-hydrogen) atoms. The smallest absolute Gasteiger partial charge is 0.0332 e. The van der Waals surface area contributed by atoms with Gasteiger partial charge in [0.25, 0.3) is 0 Å². The highest BCUT2D eigenvalue weighted by molar-refractivity contribution is 5.63. The van der Waals surface area contributed by atoms with Gasteiger partial charge in [-0.1, -0.05) is 54.6 Å². The van der Waals surface area contributed by atoms with Gasteiger partial charge in [0.2, 0.25) is 0 Å². The van der Waals surface area contributed by atoms with E-state index in [0.717, 1.165) is 6.54 Å². The van der Waals surface area contributed by atoms with Gasteiger partial charge >= 0.3 is 0 Å². The summed E-state index contributed by atoms with van der Waals surface area (Å²) in [4.78, 5) is 0. The SMILES string of the molecule is c1ccc(-c2ccc([C@H]3CCN3)cc2)cc1. The molecular formula is C15H15N. The number of hydrogen-bond donors (Lipinski definition) is 1. The van der Waals surface area contributed by atoms with Crippen molar-refractivity contribution < 1.29 is 0 Å². The van der Waals surface area contributed by atoms with Crippen molar-refractivity contribution in [3.63, 3.8) is 0 Å². The molecule has 1 saturated heterocycles. The van der Waals surface area contributed by atoms with Gasteiger partial charge in [-0.2, -0.15) is 0 Å². The molecule has 1 atom stereocenters. The lowest BCUT2D eigenvalue weighted by molar-refractivity contribution is 0.383. The molecular weight excluding hydrogens is 194 g/mol. The molecule has 1 heterocycles. The molecule has 1 fully saturated rings. The average molecular weight is 209 g/mol. The van der Waals surface area contributed by atoms with Crippen LogP contribution >= 0.6 is 0 Å². The van der Waals surface area contributed by atoms with E-state index in [1.807, 2.05) is 0 Å². The number of hydrogen-bond acceptors (Lipinski definition) is 1. The normalized spacial score (nSPS) is 19.1. The van der Waals surface area contributed by atoms with Gasteiger partial charge < -0.3 is 5.32 Å². The highest BCUT2D eigenvalue weighted by atomic mass is 15.0. The van der Waals surface area contributed by atoms with E-state index in [4.69, 9.17) is 0 Å². The Morgan fingerprint density at radius 2 is 1.44 bits per heavy atom. The Hall–Kier alpha value is -1.60. The van der Waals surface area contributed by atoms with Gasteiger partial charge in [-0.05, 0) is 29.7 Å². The lowest BCUT2D eigenvalue weighted by atomic mass is 9.95. The summed E-state index contributed by atoms with van der Waals surface area (Å²) < 4.78 is 0. The number of nitrogens with one attached hydrogen (secondary N) is 1. The molecule has 1 N–H and O–H groups in total. The molecule has 0 saturated carbocycles. The fraction of sp³-hybridized carbons (Fsp3) is 0.200. The minimum Gasteiger partial charge on any atom is -0.310 e. The van der Waals surface area contributed by atoms with Gasteiger partial charge in [0.05, 0.1) is 0 Å². The minimum absolute atomic E-state index is 0.588. The van der Waals surface area contributed by atoms with Gasteiger partial charge in [-0.15, -0.1) is 0 Å². The summed E-state index contributed by atoms with van der Waals surface area (Å²) in [6.07, 6.45) is 1.27. The molecule has 0 spiro atoms. The Bertz CT molecular complexity index is 455. The van der Waals surface area contributed by atoms with Gasteiger partial charge in [-0.3, -0.25) is 0 Å². The van der Waals surface area contributed by atoms with Gasteiger partial charge in [-0.25, -0.2) is 0 Å². The molecule has 80 valence electrons. The molecule has 2 aromatic carbocycles. The maximum Gasteiger partial charge on any atom is 0.0332 e. The molecule has 2 aromatic rings. The second-order valence-electron chi connectivity index (χ2n) is 4.28. The van der Waals surface area contributed by atoms with E-state index in [2.05, 4.69) is 59.9 Å². The quantitative estimate of drug-likeness (QED) is 0.799. The summed E-state index contributed by atoms with van der Waals surface area (Å²) in [5.41, 5.74) is 3.99. The zero-order valence-corrected chi connectivity index (χ0v) is 9.19. The standard InChI is InChI=1S/C15H15N/c1-2-4-12(5-3-1)13-6-8-14(9-7-13)15-10-11-16-15/h1-9,15-16H,10-11H2/t15-/m1/s1. The van der Waals surface area contributed by atoms with E-state index in [9.17, 15) is 0 Å². The Kier molecular flexibility index (Phi) is 2.47. The molecule has 0 unspecified atom stereocenters. The van der Waals surface area contributed by atoms with Gasteiger partial charge in [0.1, 0.15) is 0 Å². The predicted molar refractivity (Wildman–Crippen MR) is 67.2 cm³/mol. The van der Waals surface area contributed by atoms with Crippen LogP contribution in [0, 0.1) is 0 Å². The van der Waals surface area contributed by atoms with Crippen molar-refractivity contribution in [2.24, 2.45) is 0 Å². The summed E-state index contributed by atoms with van der Waals surface area (Å²) in [6.45, 7) is 1.16. The van der Waals surface area contributed by atoms with Crippen LogP contribution in [0.4, 0.5) is 0 Å². The summed E-state index contributed by atoms with van der Waals surface area (Å²) in [5.74, 6) is 0. The minimum atomic E-state index is 0.588. The molecule has 0 amide bonds. The maximum absolute atomic E-state index is 3.42. The van der Waals surface area contributed by atoms with Crippen molar-refractivity contribution >= 4 is 0 Å². The zero-order valence-electron chi connectivity index (χ0n) is 9.19. The van der Waals surface area contributed by atoms with Crippen LogP contribution in [0.25, 0.3) is 11.1 Å². The zero-order chi connectivity index (χ0) is 10.8. The largest absolute Gasteiger partial charge is 0.310 e. The average Bonchev–Trinajstić information content (AvgIpc) is 2.29. The summed E-state index contributed by atoms with van der Waals surface area (Å²) in [5, 5.41) is 3.42.